The lowest BCUT2D eigenvalue weighted by Gasteiger charge is -2.26. The van der Waals surface area contributed by atoms with Gasteiger partial charge in [0, 0.05) is 12.1 Å². The predicted octanol–water partition coefficient (Wildman–Crippen LogP) is 4.88. The summed E-state index contributed by atoms with van der Waals surface area (Å²) in [6.07, 6.45) is 2.48. The van der Waals surface area contributed by atoms with E-state index in [2.05, 4.69) is 44.5 Å². The third-order valence-corrected chi connectivity index (χ3v) is 4.47. The van der Waals surface area contributed by atoms with Crippen LogP contribution in [0.4, 0.5) is 0 Å². The molecule has 0 saturated heterocycles. The summed E-state index contributed by atoms with van der Waals surface area (Å²) >= 11 is 7.55. The summed E-state index contributed by atoms with van der Waals surface area (Å²) in [6.45, 7) is 9.01. The van der Waals surface area contributed by atoms with Crippen molar-refractivity contribution in [3.05, 3.63) is 21.3 Å². The minimum atomic E-state index is 0.388. The highest BCUT2D eigenvalue weighted by molar-refractivity contribution is 7.14. The summed E-state index contributed by atoms with van der Waals surface area (Å²) in [6, 6.07) is 3.01. The minimum Gasteiger partial charge on any atom is -0.307 e. The predicted molar refractivity (Wildman–Crippen MR) is 74.4 cm³/mol. The third-order valence-electron chi connectivity index (χ3n) is 3.36. The summed E-state index contributed by atoms with van der Waals surface area (Å²) in [5, 5.41) is 5.80. The van der Waals surface area contributed by atoms with Crippen LogP contribution in [0.3, 0.4) is 0 Å². The maximum Gasteiger partial charge on any atom is 0.0931 e. The van der Waals surface area contributed by atoms with Gasteiger partial charge in [0.15, 0.2) is 0 Å². The largest absolute Gasteiger partial charge is 0.307 e. The van der Waals surface area contributed by atoms with Gasteiger partial charge in [0.25, 0.3) is 0 Å². The van der Waals surface area contributed by atoms with Crippen LogP contribution in [-0.4, -0.2) is 6.04 Å². The fourth-order valence-corrected chi connectivity index (χ4v) is 3.16. The third kappa shape index (κ3) is 3.76. The van der Waals surface area contributed by atoms with Crippen molar-refractivity contribution >= 4 is 22.9 Å². The van der Waals surface area contributed by atoms with E-state index in [0.29, 0.717) is 12.1 Å². The molecule has 2 unspecified atom stereocenters. The molecule has 16 heavy (non-hydrogen) atoms. The summed E-state index contributed by atoms with van der Waals surface area (Å²) in [5.74, 6) is 0.761. The van der Waals surface area contributed by atoms with E-state index in [1.807, 2.05) is 0 Å². The van der Waals surface area contributed by atoms with Crippen molar-refractivity contribution in [1.82, 2.24) is 5.32 Å². The first-order valence-corrected chi connectivity index (χ1v) is 7.34. The number of nitrogens with one attached hydrogen (secondary N) is 1. The Morgan fingerprint density at radius 2 is 1.94 bits per heavy atom. The second kappa shape index (κ2) is 6.63. The van der Waals surface area contributed by atoms with E-state index < -0.39 is 0 Å². The van der Waals surface area contributed by atoms with Crippen LogP contribution < -0.4 is 5.32 Å². The number of hydrogen-bond donors (Lipinski definition) is 1. The molecule has 0 fully saturated rings. The molecule has 1 aromatic rings. The van der Waals surface area contributed by atoms with Gasteiger partial charge in [-0.15, -0.1) is 11.3 Å². The van der Waals surface area contributed by atoms with Crippen molar-refractivity contribution in [2.24, 2.45) is 5.92 Å². The average Bonchev–Trinajstić information content (AvgIpc) is 2.66. The van der Waals surface area contributed by atoms with E-state index in [-0.39, 0.29) is 0 Å². The van der Waals surface area contributed by atoms with Gasteiger partial charge >= 0.3 is 0 Å². The van der Waals surface area contributed by atoms with Gasteiger partial charge in [-0.3, -0.25) is 0 Å². The van der Waals surface area contributed by atoms with Crippen LogP contribution in [0.25, 0.3) is 0 Å². The van der Waals surface area contributed by atoms with Crippen LogP contribution in [-0.2, 0) is 0 Å². The van der Waals surface area contributed by atoms with E-state index in [0.717, 1.165) is 10.3 Å². The average molecular weight is 260 g/mol. The van der Waals surface area contributed by atoms with Gasteiger partial charge in [-0.2, -0.15) is 0 Å². The normalized spacial score (nSPS) is 15.4. The molecule has 1 N–H and O–H groups in total. The molecular weight excluding hydrogens is 238 g/mol. The highest BCUT2D eigenvalue weighted by atomic mass is 35.5. The molecular formula is C13H22ClNS. The Balaban J connectivity index is 2.53. The molecule has 1 rings (SSSR count). The summed E-state index contributed by atoms with van der Waals surface area (Å²) in [7, 11) is 0. The minimum absolute atomic E-state index is 0.388. The standard InChI is InChI=1S/C13H22ClNS/c1-5-11(6-2)9(3)15-10(4)12-7-13(14)16-8-12/h7-11,15H,5-6H2,1-4H3. The Hall–Kier alpha value is -0.0500. The van der Waals surface area contributed by atoms with E-state index in [9.17, 15) is 0 Å². The fourth-order valence-electron chi connectivity index (χ4n) is 2.17. The Morgan fingerprint density at radius 1 is 1.31 bits per heavy atom. The SMILES string of the molecule is CCC(CC)C(C)NC(C)c1csc(Cl)c1. The zero-order valence-corrected chi connectivity index (χ0v) is 12.2. The molecule has 0 spiro atoms. The van der Waals surface area contributed by atoms with Crippen LogP contribution in [0.5, 0.6) is 0 Å². The van der Waals surface area contributed by atoms with Crippen LogP contribution in [0, 0.1) is 5.92 Å². The molecule has 0 amide bonds. The number of hydrogen-bond acceptors (Lipinski definition) is 2. The summed E-state index contributed by atoms with van der Waals surface area (Å²) < 4.78 is 0.874. The van der Waals surface area contributed by atoms with Crippen molar-refractivity contribution in [2.45, 2.75) is 52.6 Å². The highest BCUT2D eigenvalue weighted by Crippen LogP contribution is 2.25. The maximum atomic E-state index is 5.95. The van der Waals surface area contributed by atoms with E-state index in [1.54, 1.807) is 11.3 Å². The van der Waals surface area contributed by atoms with Crippen molar-refractivity contribution < 1.29 is 0 Å². The van der Waals surface area contributed by atoms with Gasteiger partial charge in [-0.05, 0) is 36.8 Å². The highest BCUT2D eigenvalue weighted by Gasteiger charge is 2.16. The van der Waals surface area contributed by atoms with Crippen molar-refractivity contribution in [1.29, 1.82) is 0 Å². The monoisotopic (exact) mass is 259 g/mol. The Kier molecular flexibility index (Phi) is 5.81. The van der Waals surface area contributed by atoms with Gasteiger partial charge in [-0.1, -0.05) is 38.3 Å². The van der Waals surface area contributed by atoms with E-state index in [4.69, 9.17) is 11.6 Å². The second-order valence-electron chi connectivity index (χ2n) is 4.44. The van der Waals surface area contributed by atoms with Gasteiger partial charge in [0.05, 0.1) is 4.34 Å². The topological polar surface area (TPSA) is 12.0 Å². The molecule has 0 aromatic carbocycles. The van der Waals surface area contributed by atoms with Crippen molar-refractivity contribution in [3.8, 4) is 0 Å². The van der Waals surface area contributed by atoms with E-state index >= 15 is 0 Å². The first-order chi connectivity index (χ1) is 7.58. The number of halogens is 1. The van der Waals surface area contributed by atoms with E-state index in [1.165, 1.54) is 18.4 Å². The Labute approximate surface area is 108 Å². The Bertz CT molecular complexity index is 307. The first-order valence-electron chi connectivity index (χ1n) is 6.08. The summed E-state index contributed by atoms with van der Waals surface area (Å²) in [4.78, 5) is 0. The molecule has 1 aromatic heterocycles. The molecule has 92 valence electrons. The fraction of sp³-hybridized carbons (Fsp3) is 0.692. The zero-order valence-electron chi connectivity index (χ0n) is 10.6. The van der Waals surface area contributed by atoms with Gasteiger partial charge in [-0.25, -0.2) is 0 Å². The molecule has 0 saturated carbocycles. The lowest BCUT2D eigenvalue weighted by Crippen LogP contribution is -2.34. The number of rotatable bonds is 6. The van der Waals surface area contributed by atoms with Crippen molar-refractivity contribution in [3.63, 3.8) is 0 Å². The van der Waals surface area contributed by atoms with Gasteiger partial charge in [0.1, 0.15) is 0 Å². The van der Waals surface area contributed by atoms with Crippen LogP contribution in [0.15, 0.2) is 11.4 Å². The smallest absolute Gasteiger partial charge is 0.0931 e. The molecule has 3 heteroatoms. The maximum absolute atomic E-state index is 5.95. The zero-order chi connectivity index (χ0) is 12.1. The van der Waals surface area contributed by atoms with Crippen molar-refractivity contribution in [2.75, 3.05) is 0 Å². The van der Waals surface area contributed by atoms with Gasteiger partial charge in [0.2, 0.25) is 0 Å². The molecule has 1 heterocycles. The van der Waals surface area contributed by atoms with Crippen LogP contribution >= 0.6 is 22.9 Å². The van der Waals surface area contributed by atoms with Crippen LogP contribution in [0.2, 0.25) is 4.34 Å². The molecule has 1 nitrogen and oxygen atoms in total. The second-order valence-corrected chi connectivity index (χ2v) is 5.98. The Morgan fingerprint density at radius 3 is 2.38 bits per heavy atom. The molecule has 0 aliphatic carbocycles. The summed E-state index contributed by atoms with van der Waals surface area (Å²) in [5.41, 5.74) is 1.30. The van der Waals surface area contributed by atoms with Crippen LogP contribution in [0.1, 0.15) is 52.1 Å². The lowest BCUT2D eigenvalue weighted by atomic mass is 9.94. The molecule has 0 aliphatic rings. The quantitative estimate of drug-likeness (QED) is 0.768. The molecule has 0 radical (unpaired) electrons. The molecule has 2 atom stereocenters. The van der Waals surface area contributed by atoms with Gasteiger partial charge < -0.3 is 5.32 Å². The molecule has 0 bridgehead atoms. The lowest BCUT2D eigenvalue weighted by molar-refractivity contribution is 0.330. The first kappa shape index (κ1) is 14.0. The number of thiophene rings is 1. The molecule has 0 aliphatic heterocycles.